The highest BCUT2D eigenvalue weighted by molar-refractivity contribution is 7.99. The minimum absolute atomic E-state index is 0.0780. The molecule has 0 fully saturated rings. The summed E-state index contributed by atoms with van der Waals surface area (Å²) in [5.41, 5.74) is 5.71. The van der Waals surface area contributed by atoms with Crippen molar-refractivity contribution < 1.29 is 4.79 Å². The Bertz CT molecular complexity index is 587. The normalized spacial score (nSPS) is 11.8. The molecule has 0 unspecified atom stereocenters. The number of thioether (sulfide) groups is 1. The van der Waals surface area contributed by atoms with Gasteiger partial charge in [-0.15, -0.1) is 0 Å². The monoisotopic (exact) mass is 321 g/mol. The van der Waals surface area contributed by atoms with E-state index in [1.54, 1.807) is 0 Å². The van der Waals surface area contributed by atoms with Gasteiger partial charge in [-0.3, -0.25) is 4.79 Å². The van der Waals surface area contributed by atoms with Crippen LogP contribution in [0.4, 0.5) is 5.82 Å². The van der Waals surface area contributed by atoms with Gasteiger partial charge in [0.15, 0.2) is 5.16 Å². The number of nitrogens with two attached hydrogens (primary N) is 1. The third-order valence-electron chi connectivity index (χ3n) is 2.70. The van der Waals surface area contributed by atoms with Crippen LogP contribution in [0.1, 0.15) is 46.6 Å². The Hall–Kier alpha value is -1.81. The summed E-state index contributed by atoms with van der Waals surface area (Å²) in [6, 6.07) is 1.90. The van der Waals surface area contributed by atoms with Gasteiger partial charge in [-0.05, 0) is 25.7 Å². The molecule has 120 valence electrons. The summed E-state index contributed by atoms with van der Waals surface area (Å²) in [4.78, 5) is 20.1. The number of nitrogens with zero attached hydrogens (tertiary/aromatic N) is 3. The van der Waals surface area contributed by atoms with Crippen molar-refractivity contribution in [2.45, 2.75) is 51.7 Å². The molecule has 1 amide bonds. The first-order chi connectivity index (χ1) is 10.0. The van der Waals surface area contributed by atoms with E-state index in [-0.39, 0.29) is 34.0 Å². The Labute approximate surface area is 135 Å². The molecular formula is C15H23N5OS. The highest BCUT2D eigenvalue weighted by Crippen LogP contribution is 2.27. The molecule has 0 atom stereocenters. The van der Waals surface area contributed by atoms with E-state index in [1.807, 2.05) is 19.9 Å². The first-order valence-corrected chi connectivity index (χ1v) is 7.97. The number of hydrogen-bond donors (Lipinski definition) is 2. The number of nitrogen functional groups attached to an aromatic ring is 1. The zero-order valence-corrected chi connectivity index (χ0v) is 14.5. The van der Waals surface area contributed by atoms with Crippen molar-refractivity contribution in [1.29, 1.82) is 5.26 Å². The lowest BCUT2D eigenvalue weighted by Gasteiger charge is -2.33. The van der Waals surface area contributed by atoms with Crippen molar-refractivity contribution >= 4 is 23.5 Å². The predicted octanol–water partition coefficient (Wildman–Crippen LogP) is 2.35. The van der Waals surface area contributed by atoms with Crippen LogP contribution in [-0.2, 0) is 4.79 Å². The minimum Gasteiger partial charge on any atom is -0.382 e. The summed E-state index contributed by atoms with van der Waals surface area (Å²) in [5.74, 6) is 0.262. The largest absolute Gasteiger partial charge is 0.382 e. The van der Waals surface area contributed by atoms with E-state index < -0.39 is 0 Å². The van der Waals surface area contributed by atoms with Crippen LogP contribution in [0.3, 0.4) is 0 Å². The molecule has 6 nitrogen and oxygen atoms in total. The lowest BCUT2D eigenvalue weighted by molar-refractivity contribution is -0.120. The second-order valence-corrected chi connectivity index (χ2v) is 7.96. The van der Waals surface area contributed by atoms with Crippen molar-refractivity contribution in [3.63, 3.8) is 0 Å². The third-order valence-corrected chi connectivity index (χ3v) is 3.56. The number of nitrogens with one attached hydrogen (secondary N) is 1. The zero-order valence-electron chi connectivity index (χ0n) is 13.7. The Balaban J connectivity index is 2.56. The summed E-state index contributed by atoms with van der Waals surface area (Å²) < 4.78 is 0. The van der Waals surface area contributed by atoms with Gasteiger partial charge in [-0.1, -0.05) is 32.5 Å². The highest BCUT2D eigenvalue weighted by atomic mass is 32.2. The maximum absolute atomic E-state index is 12.1. The van der Waals surface area contributed by atoms with Gasteiger partial charge >= 0.3 is 0 Å². The molecule has 1 rings (SSSR count). The quantitative estimate of drug-likeness (QED) is 0.637. The maximum Gasteiger partial charge on any atom is 0.230 e. The van der Waals surface area contributed by atoms with Crippen LogP contribution in [0.25, 0.3) is 0 Å². The number of nitriles is 1. The molecule has 0 radical (unpaired) electrons. The second-order valence-electron chi connectivity index (χ2n) is 7.02. The summed E-state index contributed by atoms with van der Waals surface area (Å²) in [6.45, 7) is 10.4. The maximum atomic E-state index is 12.1. The molecule has 0 aliphatic rings. The van der Waals surface area contributed by atoms with Gasteiger partial charge in [-0.25, -0.2) is 9.97 Å². The molecule has 0 saturated carbocycles. The van der Waals surface area contributed by atoms with Crippen LogP contribution >= 0.6 is 11.8 Å². The first kappa shape index (κ1) is 18.2. The molecule has 0 spiro atoms. The molecule has 22 heavy (non-hydrogen) atoms. The van der Waals surface area contributed by atoms with E-state index in [0.29, 0.717) is 5.16 Å². The van der Waals surface area contributed by atoms with Gasteiger partial charge in [-0.2, -0.15) is 5.26 Å². The Morgan fingerprint density at radius 3 is 2.55 bits per heavy atom. The zero-order chi connectivity index (χ0) is 17.0. The fourth-order valence-electron chi connectivity index (χ4n) is 2.45. The lowest BCUT2D eigenvalue weighted by Crippen LogP contribution is -2.46. The van der Waals surface area contributed by atoms with Gasteiger partial charge in [0.05, 0.1) is 11.9 Å². The minimum atomic E-state index is -0.277. The molecule has 0 bridgehead atoms. The number of carbonyl (C=O) groups is 1. The molecule has 1 heterocycles. The molecule has 3 N–H and O–H groups in total. The molecule has 0 aromatic carbocycles. The number of amides is 1. The highest BCUT2D eigenvalue weighted by Gasteiger charge is 2.26. The van der Waals surface area contributed by atoms with E-state index in [0.717, 1.165) is 6.42 Å². The Kier molecular flexibility index (Phi) is 5.78. The van der Waals surface area contributed by atoms with E-state index in [1.165, 1.54) is 18.0 Å². The molecule has 0 aliphatic carbocycles. The number of hydrogen-bond acceptors (Lipinski definition) is 6. The molecular weight excluding hydrogens is 298 g/mol. The average molecular weight is 321 g/mol. The fourth-order valence-corrected chi connectivity index (χ4v) is 3.07. The molecule has 0 aliphatic heterocycles. The number of anilines is 1. The van der Waals surface area contributed by atoms with Crippen molar-refractivity contribution in [2.24, 2.45) is 5.41 Å². The van der Waals surface area contributed by atoms with Gasteiger partial charge < -0.3 is 11.1 Å². The molecule has 1 aromatic heterocycles. The number of rotatable bonds is 5. The van der Waals surface area contributed by atoms with E-state index in [2.05, 4.69) is 36.1 Å². The fraction of sp³-hybridized carbons (Fsp3) is 0.600. The average Bonchev–Trinajstić information content (AvgIpc) is 2.32. The molecule has 1 aromatic rings. The van der Waals surface area contributed by atoms with Crippen molar-refractivity contribution in [3.8, 4) is 6.07 Å². The van der Waals surface area contributed by atoms with Crippen LogP contribution in [0, 0.1) is 16.7 Å². The lowest BCUT2D eigenvalue weighted by atomic mass is 9.82. The Morgan fingerprint density at radius 2 is 2.05 bits per heavy atom. The van der Waals surface area contributed by atoms with Crippen LogP contribution in [0.5, 0.6) is 0 Å². The van der Waals surface area contributed by atoms with Gasteiger partial charge in [0.2, 0.25) is 5.91 Å². The van der Waals surface area contributed by atoms with E-state index in [4.69, 9.17) is 11.0 Å². The van der Waals surface area contributed by atoms with Crippen LogP contribution in [0.15, 0.2) is 11.4 Å². The van der Waals surface area contributed by atoms with Crippen molar-refractivity contribution in [3.05, 3.63) is 11.8 Å². The summed E-state index contributed by atoms with van der Waals surface area (Å²) in [6.07, 6.45) is 2.24. The van der Waals surface area contributed by atoms with Gasteiger partial charge in [0, 0.05) is 5.54 Å². The van der Waals surface area contributed by atoms with Gasteiger partial charge in [0.25, 0.3) is 0 Å². The number of carbonyl (C=O) groups excluding carboxylic acids is 1. The molecule has 0 saturated heterocycles. The van der Waals surface area contributed by atoms with Gasteiger partial charge in [0.1, 0.15) is 17.5 Å². The van der Waals surface area contributed by atoms with Crippen LogP contribution < -0.4 is 11.1 Å². The first-order valence-electron chi connectivity index (χ1n) is 6.99. The topological polar surface area (TPSA) is 105 Å². The Morgan fingerprint density at radius 1 is 1.41 bits per heavy atom. The van der Waals surface area contributed by atoms with Crippen LogP contribution in [-0.4, -0.2) is 27.2 Å². The second kappa shape index (κ2) is 6.97. The van der Waals surface area contributed by atoms with E-state index >= 15 is 0 Å². The van der Waals surface area contributed by atoms with Crippen molar-refractivity contribution in [2.75, 3.05) is 11.5 Å². The smallest absolute Gasteiger partial charge is 0.230 e. The molecule has 7 heteroatoms. The number of aromatic nitrogens is 2. The summed E-state index contributed by atoms with van der Waals surface area (Å²) >= 11 is 1.20. The SMILES string of the molecule is CC(C)(C)CC(C)(C)NC(=O)CSc1ncc(C#N)c(N)n1. The van der Waals surface area contributed by atoms with Crippen molar-refractivity contribution in [1.82, 2.24) is 15.3 Å². The standard InChI is InChI=1S/C15H23N5OS/c1-14(2,3)9-15(4,5)20-11(21)8-22-13-18-7-10(6-16)12(17)19-13/h7H,8-9H2,1-5H3,(H,20,21)(H2,17,18,19). The summed E-state index contributed by atoms with van der Waals surface area (Å²) in [7, 11) is 0. The predicted molar refractivity (Wildman–Crippen MR) is 88.2 cm³/mol. The van der Waals surface area contributed by atoms with Crippen LogP contribution in [0.2, 0.25) is 0 Å². The third kappa shape index (κ3) is 6.31. The summed E-state index contributed by atoms with van der Waals surface area (Å²) in [5, 5.41) is 12.2. The van der Waals surface area contributed by atoms with E-state index in [9.17, 15) is 4.79 Å².